The maximum Gasteiger partial charge on any atom is 0.135 e. The fourth-order valence-corrected chi connectivity index (χ4v) is 4.71. The van der Waals surface area contributed by atoms with Crippen LogP contribution >= 0.6 is 0 Å². The molecule has 0 radical (unpaired) electrons. The number of hydrogen-bond acceptors (Lipinski definition) is 3. The van der Waals surface area contributed by atoms with E-state index in [0.717, 1.165) is 22.5 Å². The minimum atomic E-state index is -0.803. The summed E-state index contributed by atoms with van der Waals surface area (Å²) in [5.41, 5.74) is 3.61. The Morgan fingerprint density at radius 3 is 1.81 bits per heavy atom. The Balaban J connectivity index is 1.73. The molecule has 3 heteroatoms. The van der Waals surface area contributed by atoms with Crippen molar-refractivity contribution in [3.8, 4) is 0 Å². The molecule has 32 heavy (non-hydrogen) atoms. The van der Waals surface area contributed by atoms with Gasteiger partial charge in [-0.05, 0) is 16.7 Å². The van der Waals surface area contributed by atoms with Gasteiger partial charge in [0.1, 0.15) is 11.4 Å². The van der Waals surface area contributed by atoms with Crippen molar-refractivity contribution in [2.24, 2.45) is 4.99 Å². The van der Waals surface area contributed by atoms with Crippen LogP contribution in [-0.4, -0.2) is 22.4 Å². The summed E-state index contributed by atoms with van der Waals surface area (Å²) >= 11 is 0. The number of amidine groups is 1. The summed E-state index contributed by atoms with van der Waals surface area (Å²) in [6, 6.07) is 41.2. The van der Waals surface area contributed by atoms with Gasteiger partial charge >= 0.3 is 0 Å². The molecule has 4 aromatic carbocycles. The van der Waals surface area contributed by atoms with Gasteiger partial charge in [0.25, 0.3) is 0 Å². The quantitative estimate of drug-likeness (QED) is 0.444. The number of nitrogens with zero attached hydrogens (tertiary/aromatic N) is 2. The first-order chi connectivity index (χ1) is 15.8. The molecule has 158 valence electrons. The van der Waals surface area contributed by atoms with Gasteiger partial charge in [-0.2, -0.15) is 0 Å². The number of aliphatic imine (C=N–C) groups is 1. The molecule has 4 aromatic rings. The van der Waals surface area contributed by atoms with E-state index in [1.807, 2.05) is 48.5 Å². The van der Waals surface area contributed by atoms with Gasteiger partial charge in [-0.1, -0.05) is 121 Å². The van der Waals surface area contributed by atoms with Gasteiger partial charge < -0.3 is 10.0 Å². The van der Waals surface area contributed by atoms with E-state index in [1.54, 1.807) is 0 Å². The molecule has 2 atom stereocenters. The zero-order valence-electron chi connectivity index (χ0n) is 17.9. The monoisotopic (exact) mass is 418 g/mol. The Kier molecular flexibility index (Phi) is 5.57. The second-order valence-corrected chi connectivity index (χ2v) is 8.18. The van der Waals surface area contributed by atoms with Crippen molar-refractivity contribution in [1.82, 2.24) is 4.90 Å². The van der Waals surface area contributed by atoms with Gasteiger partial charge in [0.2, 0.25) is 0 Å². The highest BCUT2D eigenvalue weighted by Gasteiger charge is 2.50. The topological polar surface area (TPSA) is 35.8 Å². The fraction of sp³-hybridized carbons (Fsp3) is 0.138. The molecule has 0 unspecified atom stereocenters. The van der Waals surface area contributed by atoms with E-state index < -0.39 is 5.54 Å². The van der Waals surface area contributed by atoms with E-state index in [2.05, 4.69) is 77.7 Å². The van der Waals surface area contributed by atoms with Gasteiger partial charge in [-0.15, -0.1) is 0 Å². The average Bonchev–Trinajstić information content (AvgIpc) is 3.21. The molecule has 5 rings (SSSR count). The third kappa shape index (κ3) is 3.61. The number of aliphatic hydroxyl groups excluding tert-OH is 1. The molecule has 0 aromatic heterocycles. The normalized spacial score (nSPS) is 20.2. The van der Waals surface area contributed by atoms with Gasteiger partial charge in [-0.3, -0.25) is 4.99 Å². The predicted molar refractivity (Wildman–Crippen MR) is 129 cm³/mol. The van der Waals surface area contributed by atoms with Crippen molar-refractivity contribution in [3.63, 3.8) is 0 Å². The van der Waals surface area contributed by atoms with E-state index in [1.165, 1.54) is 5.56 Å². The largest absolute Gasteiger partial charge is 0.393 e. The summed E-state index contributed by atoms with van der Waals surface area (Å²) in [5.74, 6) is 0.904. The highest BCUT2D eigenvalue weighted by molar-refractivity contribution is 6.01. The molecular weight excluding hydrogens is 392 g/mol. The summed E-state index contributed by atoms with van der Waals surface area (Å²) in [6.45, 7) is 0.612. The third-order valence-electron chi connectivity index (χ3n) is 6.20. The van der Waals surface area contributed by atoms with Crippen LogP contribution in [0.4, 0.5) is 0 Å². The fourth-order valence-electron chi connectivity index (χ4n) is 4.71. The molecular formula is C29H26N2O. The first-order valence-corrected chi connectivity index (χ1v) is 11.0. The van der Waals surface area contributed by atoms with Crippen LogP contribution < -0.4 is 0 Å². The van der Waals surface area contributed by atoms with E-state index in [0.29, 0.717) is 6.54 Å². The molecule has 1 aliphatic heterocycles. The van der Waals surface area contributed by atoms with Crippen LogP contribution in [0.3, 0.4) is 0 Å². The van der Waals surface area contributed by atoms with Crippen LogP contribution in [0.5, 0.6) is 0 Å². The van der Waals surface area contributed by atoms with Crippen molar-refractivity contribution >= 4 is 5.84 Å². The predicted octanol–water partition coefficient (Wildman–Crippen LogP) is 5.58. The van der Waals surface area contributed by atoms with E-state index in [9.17, 15) is 5.11 Å². The second-order valence-electron chi connectivity index (χ2n) is 8.18. The SMILES string of the molecule is OC[C@@]1(c2ccccc2)N=C(c2ccccc2)N(Cc2ccccc2)[C@H]1c1ccccc1. The van der Waals surface area contributed by atoms with Gasteiger partial charge in [0.15, 0.2) is 0 Å². The van der Waals surface area contributed by atoms with Crippen LogP contribution in [0.2, 0.25) is 0 Å². The molecule has 0 fully saturated rings. The Morgan fingerprint density at radius 1 is 0.688 bits per heavy atom. The van der Waals surface area contributed by atoms with Gasteiger partial charge in [-0.25, -0.2) is 0 Å². The van der Waals surface area contributed by atoms with Crippen LogP contribution in [0.15, 0.2) is 126 Å². The number of aliphatic hydroxyl groups is 1. The minimum Gasteiger partial charge on any atom is -0.393 e. The first kappa shape index (κ1) is 20.2. The zero-order valence-corrected chi connectivity index (χ0v) is 17.9. The smallest absolute Gasteiger partial charge is 0.135 e. The first-order valence-electron chi connectivity index (χ1n) is 11.0. The second kappa shape index (κ2) is 8.81. The standard InChI is InChI=1S/C29H26N2O/c32-22-29(26-19-11-4-12-20-26)27(24-15-7-2-8-16-24)31(21-23-13-5-1-6-14-23)28(30-29)25-17-9-3-10-18-25/h1-20,27,32H,21-22H2/t27-,29-/m0/s1. The Bertz CT molecular complexity index is 1180. The molecule has 0 spiro atoms. The molecule has 0 bridgehead atoms. The van der Waals surface area contributed by atoms with Crippen LogP contribution in [-0.2, 0) is 12.1 Å². The van der Waals surface area contributed by atoms with Gasteiger partial charge in [0, 0.05) is 12.1 Å². The minimum absolute atomic E-state index is 0.0851. The summed E-state index contributed by atoms with van der Waals surface area (Å²) in [6.07, 6.45) is 0. The van der Waals surface area contributed by atoms with E-state index >= 15 is 0 Å². The van der Waals surface area contributed by atoms with Crippen molar-refractivity contribution in [1.29, 1.82) is 0 Å². The van der Waals surface area contributed by atoms with Crippen molar-refractivity contribution in [2.75, 3.05) is 6.61 Å². The number of benzene rings is 4. The molecule has 0 aliphatic carbocycles. The lowest BCUT2D eigenvalue weighted by molar-refractivity contribution is 0.133. The van der Waals surface area contributed by atoms with Crippen LogP contribution in [0.1, 0.15) is 28.3 Å². The summed E-state index contributed by atoms with van der Waals surface area (Å²) in [4.78, 5) is 7.66. The lowest BCUT2D eigenvalue weighted by Gasteiger charge is -2.37. The van der Waals surface area contributed by atoms with E-state index in [-0.39, 0.29) is 12.6 Å². The van der Waals surface area contributed by atoms with E-state index in [4.69, 9.17) is 4.99 Å². The molecule has 1 heterocycles. The Morgan fingerprint density at radius 2 is 1.22 bits per heavy atom. The molecule has 1 N–H and O–H groups in total. The third-order valence-corrected chi connectivity index (χ3v) is 6.20. The summed E-state index contributed by atoms with van der Waals surface area (Å²) < 4.78 is 0. The maximum absolute atomic E-state index is 10.9. The van der Waals surface area contributed by atoms with Crippen molar-refractivity contribution < 1.29 is 5.11 Å². The Labute approximate surface area is 189 Å². The van der Waals surface area contributed by atoms with Crippen molar-refractivity contribution in [2.45, 2.75) is 18.1 Å². The molecule has 0 saturated heterocycles. The summed E-state index contributed by atoms with van der Waals surface area (Å²) in [7, 11) is 0. The molecule has 0 amide bonds. The number of rotatable bonds is 6. The van der Waals surface area contributed by atoms with Gasteiger partial charge in [0.05, 0.1) is 12.6 Å². The lowest BCUT2D eigenvalue weighted by Crippen LogP contribution is -2.40. The highest BCUT2D eigenvalue weighted by atomic mass is 16.3. The highest BCUT2D eigenvalue weighted by Crippen LogP contribution is 2.48. The summed E-state index contributed by atoms with van der Waals surface area (Å²) in [5, 5.41) is 10.9. The number of hydrogen-bond donors (Lipinski definition) is 1. The maximum atomic E-state index is 10.9. The molecule has 1 aliphatic rings. The van der Waals surface area contributed by atoms with Crippen molar-refractivity contribution in [3.05, 3.63) is 144 Å². The zero-order chi connectivity index (χ0) is 21.8. The molecule has 3 nitrogen and oxygen atoms in total. The Hall–Kier alpha value is -3.69. The lowest BCUT2D eigenvalue weighted by atomic mass is 9.80. The average molecular weight is 419 g/mol. The van der Waals surface area contributed by atoms with Crippen LogP contribution in [0.25, 0.3) is 0 Å². The molecule has 0 saturated carbocycles. The van der Waals surface area contributed by atoms with Crippen LogP contribution in [0, 0.1) is 0 Å².